The van der Waals surface area contributed by atoms with Crippen molar-refractivity contribution in [2.75, 3.05) is 0 Å². The standard InChI is InChI=1S/C8H18N.3ClH.Ti/c1-7(2,3)9-8(4,5)6;;;;/h1-6H3;3*1H;/q-1;;;;+1. The first-order chi connectivity index (χ1) is 4.15. The molecule has 0 fully saturated rings. The van der Waals surface area contributed by atoms with Gasteiger partial charge in [0.05, 0.1) is 0 Å². The van der Waals surface area contributed by atoms with E-state index < -0.39 is 0 Å². The van der Waals surface area contributed by atoms with E-state index in [0.717, 1.165) is 0 Å². The quantitative estimate of drug-likeness (QED) is 0.615. The van der Waals surface area contributed by atoms with Gasteiger partial charge < -0.3 is 0 Å². The third-order valence-electron chi connectivity index (χ3n) is 1.34. The van der Waals surface area contributed by atoms with Gasteiger partial charge in [-0.1, -0.05) is 0 Å². The van der Waals surface area contributed by atoms with E-state index in [4.69, 9.17) is 0 Å². The molecule has 0 aromatic rings. The first-order valence-electron chi connectivity index (χ1n) is 3.67. The molecule has 83 valence electrons. The van der Waals surface area contributed by atoms with Crippen LogP contribution in [0.1, 0.15) is 41.5 Å². The van der Waals surface area contributed by atoms with Gasteiger partial charge in [0.25, 0.3) is 0 Å². The summed E-state index contributed by atoms with van der Waals surface area (Å²) in [6.07, 6.45) is 0. The van der Waals surface area contributed by atoms with E-state index >= 15 is 0 Å². The third-order valence-corrected chi connectivity index (χ3v) is 3.44. The van der Waals surface area contributed by atoms with Gasteiger partial charge in [0.15, 0.2) is 0 Å². The van der Waals surface area contributed by atoms with Gasteiger partial charge in [0.1, 0.15) is 0 Å². The molecule has 0 radical (unpaired) electrons. The van der Waals surface area contributed by atoms with E-state index in [1.165, 1.54) is 0 Å². The van der Waals surface area contributed by atoms with Crippen LogP contribution in [0.4, 0.5) is 0 Å². The van der Waals surface area contributed by atoms with E-state index in [1.807, 2.05) is 0 Å². The summed E-state index contributed by atoms with van der Waals surface area (Å²) < 4.78 is 2.38. The smallest absolute Gasteiger partial charge is 0.147 e. The SMILES string of the molecule is CC(C)(C)[N]([Ti])C(C)(C)C.Cl.Cl.Cl. The molecule has 0 spiro atoms. The summed E-state index contributed by atoms with van der Waals surface area (Å²) in [5, 5.41) is 0. The first-order valence-corrected chi connectivity index (χ1v) is 4.37. The molecule has 0 saturated carbocycles. The van der Waals surface area contributed by atoms with Crippen LogP contribution in [-0.4, -0.2) is 14.5 Å². The molecule has 0 rings (SSSR count). The van der Waals surface area contributed by atoms with Crippen molar-refractivity contribution in [3.63, 3.8) is 0 Å². The topological polar surface area (TPSA) is 3.24 Å². The zero-order valence-electron chi connectivity index (χ0n) is 9.17. The van der Waals surface area contributed by atoms with Crippen molar-refractivity contribution in [2.45, 2.75) is 52.6 Å². The predicted molar refractivity (Wildman–Crippen MR) is 63.1 cm³/mol. The van der Waals surface area contributed by atoms with Gasteiger partial charge in [-0.25, -0.2) is 0 Å². The molecule has 0 saturated heterocycles. The van der Waals surface area contributed by atoms with Gasteiger partial charge in [0, 0.05) is 0 Å². The molecule has 0 aromatic carbocycles. The van der Waals surface area contributed by atoms with Gasteiger partial charge in [0.2, 0.25) is 0 Å². The van der Waals surface area contributed by atoms with Crippen molar-refractivity contribution in [3.8, 4) is 0 Å². The van der Waals surface area contributed by atoms with E-state index in [0.29, 0.717) is 0 Å². The summed E-state index contributed by atoms with van der Waals surface area (Å²) in [6, 6.07) is 0. The number of hydrogen-bond acceptors (Lipinski definition) is 1. The summed E-state index contributed by atoms with van der Waals surface area (Å²) in [6.45, 7) is 13.4. The molecule has 1 nitrogen and oxygen atoms in total. The summed E-state index contributed by atoms with van der Waals surface area (Å²) in [5.41, 5.74) is 0.552. The Bertz CT molecular complexity index is 104. The summed E-state index contributed by atoms with van der Waals surface area (Å²) in [4.78, 5) is 0. The fraction of sp³-hybridized carbons (Fsp3) is 1.00. The molecule has 0 atom stereocenters. The van der Waals surface area contributed by atoms with Crippen molar-refractivity contribution in [1.82, 2.24) is 3.38 Å². The van der Waals surface area contributed by atoms with Crippen LogP contribution in [0.2, 0.25) is 0 Å². The molecule has 0 aliphatic carbocycles. The molecule has 13 heavy (non-hydrogen) atoms. The van der Waals surface area contributed by atoms with Crippen LogP contribution in [0, 0.1) is 0 Å². The molecular formula is C8H21Cl3NTi. The van der Waals surface area contributed by atoms with Crippen LogP contribution < -0.4 is 0 Å². The monoisotopic (exact) mass is 284 g/mol. The van der Waals surface area contributed by atoms with Gasteiger partial charge in [-0.05, 0) is 0 Å². The largest absolute Gasteiger partial charge is 0.147 e. The second kappa shape index (κ2) is 7.79. The Morgan fingerprint density at radius 2 is 0.846 bits per heavy atom. The number of hydrogen-bond donors (Lipinski definition) is 0. The minimum atomic E-state index is 0. The zero-order valence-corrected chi connectivity index (χ0v) is 13.2. The maximum absolute atomic E-state index is 2.38. The van der Waals surface area contributed by atoms with Crippen molar-refractivity contribution in [3.05, 3.63) is 0 Å². The zero-order chi connectivity index (χ0) is 8.58. The molecule has 0 bridgehead atoms. The molecular weight excluding hydrogens is 264 g/mol. The Balaban J connectivity index is -0.000000135. The van der Waals surface area contributed by atoms with Gasteiger partial charge in [-0.3, -0.25) is 0 Å². The van der Waals surface area contributed by atoms with Crippen molar-refractivity contribution in [2.24, 2.45) is 0 Å². The second-order valence-corrected chi connectivity index (χ2v) is 5.38. The Kier molecular flexibility index (Phi) is 14.4. The average molecular weight is 285 g/mol. The van der Waals surface area contributed by atoms with E-state index in [-0.39, 0.29) is 48.3 Å². The van der Waals surface area contributed by atoms with Crippen molar-refractivity contribution < 1.29 is 20.7 Å². The molecule has 0 amide bonds. The minimum Gasteiger partial charge on any atom is -0.147 e. The maximum atomic E-state index is 2.38. The third kappa shape index (κ3) is 9.84. The van der Waals surface area contributed by atoms with E-state index in [1.54, 1.807) is 0 Å². The van der Waals surface area contributed by atoms with Crippen molar-refractivity contribution in [1.29, 1.82) is 0 Å². The molecule has 0 unspecified atom stereocenters. The molecule has 0 aliphatic heterocycles. The van der Waals surface area contributed by atoms with Gasteiger partial charge in [-0.2, -0.15) is 0 Å². The first kappa shape index (κ1) is 24.0. The predicted octanol–water partition coefficient (Wildman–Crippen LogP) is 3.61. The maximum Gasteiger partial charge on any atom is -0.147 e. The Morgan fingerprint density at radius 1 is 0.692 bits per heavy atom. The number of nitrogens with zero attached hydrogens (tertiary/aromatic N) is 1. The molecule has 5 heteroatoms. The summed E-state index contributed by atoms with van der Waals surface area (Å²) >= 11 is 2.17. The number of halogens is 3. The average Bonchev–Trinajstić information content (AvgIpc) is 1.59. The molecule has 0 heterocycles. The van der Waals surface area contributed by atoms with Crippen LogP contribution >= 0.6 is 37.2 Å². The van der Waals surface area contributed by atoms with Gasteiger partial charge >= 0.3 is 76.7 Å². The van der Waals surface area contributed by atoms with Crippen LogP contribution in [-0.2, 0) is 20.7 Å². The van der Waals surface area contributed by atoms with Crippen LogP contribution in [0.15, 0.2) is 0 Å². The fourth-order valence-electron chi connectivity index (χ4n) is 1.01. The van der Waals surface area contributed by atoms with Crippen LogP contribution in [0.25, 0.3) is 0 Å². The molecule has 0 aromatic heterocycles. The Morgan fingerprint density at radius 3 is 0.846 bits per heavy atom. The molecule has 0 aliphatic rings. The Labute approximate surface area is 113 Å². The molecule has 0 N–H and O–H groups in total. The van der Waals surface area contributed by atoms with Gasteiger partial charge in [-0.15, -0.1) is 37.2 Å². The van der Waals surface area contributed by atoms with Crippen molar-refractivity contribution >= 4 is 37.2 Å². The van der Waals surface area contributed by atoms with Crippen LogP contribution in [0.3, 0.4) is 0 Å². The van der Waals surface area contributed by atoms with E-state index in [9.17, 15) is 0 Å². The van der Waals surface area contributed by atoms with E-state index in [2.05, 4.69) is 65.6 Å². The van der Waals surface area contributed by atoms with Crippen LogP contribution in [0.5, 0.6) is 0 Å². The normalized spacial score (nSPS) is 10.9. The fourth-order valence-corrected chi connectivity index (χ4v) is 1.01. The number of rotatable bonds is 0. The minimum absolute atomic E-state index is 0. The summed E-state index contributed by atoms with van der Waals surface area (Å²) in [5.74, 6) is 0. The Hall–Kier alpha value is 1.54. The second-order valence-electron chi connectivity index (χ2n) is 4.68. The summed E-state index contributed by atoms with van der Waals surface area (Å²) in [7, 11) is 0.